The van der Waals surface area contributed by atoms with Crippen molar-refractivity contribution in [1.29, 1.82) is 0 Å². The second-order valence-corrected chi connectivity index (χ2v) is 5.48. The van der Waals surface area contributed by atoms with Crippen LogP contribution in [0, 0.1) is 0 Å². The topological polar surface area (TPSA) is 29.5 Å². The summed E-state index contributed by atoms with van der Waals surface area (Å²) in [5.74, 6) is 1.55. The van der Waals surface area contributed by atoms with Crippen LogP contribution in [-0.2, 0) is 6.42 Å². The third-order valence-corrected chi connectivity index (χ3v) is 3.95. The maximum atomic E-state index is 10.5. The Bertz CT molecular complexity index is 587. The van der Waals surface area contributed by atoms with Crippen LogP contribution in [0.2, 0.25) is 0 Å². The van der Waals surface area contributed by atoms with E-state index in [1.165, 1.54) is 18.4 Å². The molecule has 0 amide bonds. The Kier molecular flexibility index (Phi) is 3.75. The standard InChI is InChI=1S/C18H20O2/c1-20-18-8-3-2-5-16(18)12-17(19)15-7-4-6-14(11-15)13-9-10-13/h2-8,11,13,17,19H,9-10,12H2,1H3. The maximum absolute atomic E-state index is 10.5. The van der Waals surface area contributed by atoms with E-state index < -0.39 is 6.10 Å². The van der Waals surface area contributed by atoms with E-state index in [1.54, 1.807) is 7.11 Å². The fourth-order valence-electron chi connectivity index (χ4n) is 2.63. The number of ether oxygens (including phenoxy) is 1. The van der Waals surface area contributed by atoms with Gasteiger partial charge in [-0.2, -0.15) is 0 Å². The zero-order valence-corrected chi connectivity index (χ0v) is 11.8. The van der Waals surface area contributed by atoms with E-state index in [4.69, 9.17) is 4.74 Å². The quantitative estimate of drug-likeness (QED) is 0.892. The molecule has 1 fully saturated rings. The van der Waals surface area contributed by atoms with Gasteiger partial charge in [0.1, 0.15) is 5.75 Å². The molecule has 0 spiro atoms. The first-order valence-corrected chi connectivity index (χ1v) is 7.17. The van der Waals surface area contributed by atoms with Crippen molar-refractivity contribution in [2.45, 2.75) is 31.3 Å². The molecule has 0 heterocycles. The summed E-state index contributed by atoms with van der Waals surface area (Å²) in [6, 6.07) is 16.2. The van der Waals surface area contributed by atoms with Crippen molar-refractivity contribution in [2.24, 2.45) is 0 Å². The zero-order chi connectivity index (χ0) is 13.9. The Labute approximate surface area is 120 Å². The minimum Gasteiger partial charge on any atom is -0.496 e. The van der Waals surface area contributed by atoms with Crippen LogP contribution in [0.5, 0.6) is 5.75 Å². The van der Waals surface area contributed by atoms with Gasteiger partial charge < -0.3 is 9.84 Å². The van der Waals surface area contributed by atoms with E-state index in [0.717, 1.165) is 16.9 Å². The number of hydrogen-bond donors (Lipinski definition) is 1. The van der Waals surface area contributed by atoms with E-state index in [9.17, 15) is 5.11 Å². The highest BCUT2D eigenvalue weighted by molar-refractivity contribution is 5.36. The number of rotatable bonds is 5. The first kappa shape index (κ1) is 13.2. The molecule has 2 heteroatoms. The van der Waals surface area contributed by atoms with E-state index in [1.807, 2.05) is 30.3 Å². The Balaban J connectivity index is 1.78. The van der Waals surface area contributed by atoms with Crippen molar-refractivity contribution in [1.82, 2.24) is 0 Å². The van der Waals surface area contributed by atoms with Crippen molar-refractivity contribution in [3.63, 3.8) is 0 Å². The molecular formula is C18H20O2. The van der Waals surface area contributed by atoms with Crippen LogP contribution in [0.1, 0.15) is 41.6 Å². The summed E-state index contributed by atoms with van der Waals surface area (Å²) in [7, 11) is 1.67. The smallest absolute Gasteiger partial charge is 0.122 e. The summed E-state index contributed by atoms with van der Waals surface area (Å²) in [5, 5.41) is 10.5. The summed E-state index contributed by atoms with van der Waals surface area (Å²) in [4.78, 5) is 0. The lowest BCUT2D eigenvalue weighted by Gasteiger charge is -2.14. The molecule has 0 saturated heterocycles. The van der Waals surface area contributed by atoms with E-state index in [2.05, 4.69) is 18.2 Å². The maximum Gasteiger partial charge on any atom is 0.122 e. The molecule has 0 bridgehead atoms. The molecule has 2 aromatic rings. The van der Waals surface area contributed by atoms with Crippen LogP contribution in [0.25, 0.3) is 0 Å². The monoisotopic (exact) mass is 268 g/mol. The summed E-state index contributed by atoms with van der Waals surface area (Å²) in [6.07, 6.45) is 2.67. The Morgan fingerprint density at radius 1 is 1.15 bits per heavy atom. The number of para-hydroxylation sites is 1. The lowest BCUT2D eigenvalue weighted by atomic mass is 9.98. The largest absolute Gasteiger partial charge is 0.496 e. The highest BCUT2D eigenvalue weighted by Gasteiger charge is 2.24. The second-order valence-electron chi connectivity index (χ2n) is 5.48. The molecule has 1 aliphatic rings. The van der Waals surface area contributed by atoms with Crippen LogP contribution in [0.3, 0.4) is 0 Å². The SMILES string of the molecule is COc1ccccc1CC(O)c1cccc(C2CC2)c1. The van der Waals surface area contributed by atoms with Gasteiger partial charge in [-0.15, -0.1) is 0 Å². The average molecular weight is 268 g/mol. The van der Waals surface area contributed by atoms with Crippen molar-refractivity contribution in [3.8, 4) is 5.75 Å². The molecule has 1 atom stereocenters. The average Bonchev–Trinajstić information content (AvgIpc) is 3.32. The molecule has 3 rings (SSSR count). The van der Waals surface area contributed by atoms with Crippen LogP contribution < -0.4 is 4.74 Å². The fraction of sp³-hybridized carbons (Fsp3) is 0.333. The first-order chi connectivity index (χ1) is 9.78. The van der Waals surface area contributed by atoms with Gasteiger partial charge in [-0.25, -0.2) is 0 Å². The lowest BCUT2D eigenvalue weighted by Crippen LogP contribution is -2.03. The predicted molar refractivity (Wildman–Crippen MR) is 80.1 cm³/mol. The fourth-order valence-corrected chi connectivity index (χ4v) is 2.63. The van der Waals surface area contributed by atoms with Gasteiger partial charge in [-0.05, 0) is 41.5 Å². The summed E-state index contributed by atoms with van der Waals surface area (Å²) in [5.41, 5.74) is 3.40. The van der Waals surface area contributed by atoms with Gasteiger partial charge in [0.25, 0.3) is 0 Å². The van der Waals surface area contributed by atoms with E-state index >= 15 is 0 Å². The number of benzene rings is 2. The summed E-state index contributed by atoms with van der Waals surface area (Å²) < 4.78 is 5.34. The van der Waals surface area contributed by atoms with Crippen molar-refractivity contribution in [2.75, 3.05) is 7.11 Å². The number of aliphatic hydroxyl groups is 1. The zero-order valence-electron chi connectivity index (χ0n) is 11.8. The molecule has 0 aliphatic heterocycles. The number of aliphatic hydroxyl groups excluding tert-OH is 1. The molecule has 2 aromatic carbocycles. The third kappa shape index (κ3) is 2.86. The van der Waals surface area contributed by atoms with Crippen LogP contribution in [-0.4, -0.2) is 12.2 Å². The van der Waals surface area contributed by atoms with Gasteiger partial charge in [-0.1, -0.05) is 42.5 Å². The Morgan fingerprint density at radius 2 is 1.95 bits per heavy atom. The van der Waals surface area contributed by atoms with Gasteiger partial charge in [-0.3, -0.25) is 0 Å². The molecule has 104 valence electrons. The van der Waals surface area contributed by atoms with Crippen LogP contribution >= 0.6 is 0 Å². The number of hydrogen-bond acceptors (Lipinski definition) is 2. The predicted octanol–water partition coefficient (Wildman–Crippen LogP) is 3.85. The molecule has 2 nitrogen and oxygen atoms in total. The minimum absolute atomic E-state index is 0.481. The summed E-state index contributed by atoms with van der Waals surface area (Å²) in [6.45, 7) is 0. The van der Waals surface area contributed by atoms with Crippen molar-refractivity contribution >= 4 is 0 Å². The second kappa shape index (κ2) is 5.68. The van der Waals surface area contributed by atoms with Crippen molar-refractivity contribution < 1.29 is 9.84 Å². The summed E-state index contributed by atoms with van der Waals surface area (Å²) >= 11 is 0. The van der Waals surface area contributed by atoms with Crippen LogP contribution in [0.15, 0.2) is 48.5 Å². The van der Waals surface area contributed by atoms with Gasteiger partial charge in [0.2, 0.25) is 0 Å². The molecular weight excluding hydrogens is 248 g/mol. The molecule has 0 aromatic heterocycles. The minimum atomic E-state index is -0.481. The molecule has 0 radical (unpaired) electrons. The number of methoxy groups -OCH3 is 1. The van der Waals surface area contributed by atoms with Gasteiger partial charge >= 0.3 is 0 Å². The normalized spacial score (nSPS) is 15.9. The highest BCUT2D eigenvalue weighted by Crippen LogP contribution is 2.40. The molecule has 1 unspecified atom stereocenters. The molecule has 1 N–H and O–H groups in total. The highest BCUT2D eigenvalue weighted by atomic mass is 16.5. The van der Waals surface area contributed by atoms with Gasteiger partial charge in [0.15, 0.2) is 0 Å². The Hall–Kier alpha value is -1.80. The van der Waals surface area contributed by atoms with Gasteiger partial charge in [0.05, 0.1) is 13.2 Å². The molecule has 20 heavy (non-hydrogen) atoms. The first-order valence-electron chi connectivity index (χ1n) is 7.17. The van der Waals surface area contributed by atoms with Crippen molar-refractivity contribution in [3.05, 3.63) is 65.2 Å². The lowest BCUT2D eigenvalue weighted by molar-refractivity contribution is 0.177. The van der Waals surface area contributed by atoms with E-state index in [-0.39, 0.29) is 0 Å². The van der Waals surface area contributed by atoms with Gasteiger partial charge in [0, 0.05) is 6.42 Å². The molecule has 1 saturated carbocycles. The third-order valence-electron chi connectivity index (χ3n) is 3.95. The Morgan fingerprint density at radius 3 is 2.70 bits per heavy atom. The molecule has 1 aliphatic carbocycles. The van der Waals surface area contributed by atoms with E-state index in [0.29, 0.717) is 12.3 Å². The van der Waals surface area contributed by atoms with Crippen LogP contribution in [0.4, 0.5) is 0 Å².